The van der Waals surface area contributed by atoms with Crippen LogP contribution in [0, 0.1) is 5.41 Å². The molecule has 0 saturated carbocycles. The monoisotopic (exact) mass is 156 g/mol. The zero-order valence-corrected chi connectivity index (χ0v) is 7.48. The summed E-state index contributed by atoms with van der Waals surface area (Å²) in [6.45, 7) is 7.57. The van der Waals surface area contributed by atoms with Crippen LogP contribution in [-0.4, -0.2) is 12.5 Å². The van der Waals surface area contributed by atoms with Gasteiger partial charge in [-0.3, -0.25) is 4.79 Å². The summed E-state index contributed by atoms with van der Waals surface area (Å²) >= 11 is 0. The van der Waals surface area contributed by atoms with Crippen molar-refractivity contribution in [2.24, 2.45) is 5.41 Å². The van der Waals surface area contributed by atoms with Crippen molar-refractivity contribution in [3.05, 3.63) is 12.6 Å². The molecule has 0 aliphatic rings. The fraction of sp³-hybridized carbons (Fsp3) is 0.667. The Balaban J connectivity index is 3.78. The topological polar surface area (TPSA) is 29.1 Å². The highest BCUT2D eigenvalue weighted by atomic mass is 16.1. The highest BCUT2D eigenvalue weighted by Gasteiger charge is 2.15. The van der Waals surface area contributed by atoms with Gasteiger partial charge in [-0.05, 0) is 11.8 Å². The van der Waals surface area contributed by atoms with Gasteiger partial charge in [0.05, 0.1) is 1.37 Å². The summed E-state index contributed by atoms with van der Waals surface area (Å²) in [7, 11) is 0. The van der Waals surface area contributed by atoms with Crippen LogP contribution < -0.4 is 5.32 Å². The molecule has 0 atom stereocenters. The van der Waals surface area contributed by atoms with E-state index in [0.717, 1.165) is 6.42 Å². The zero-order chi connectivity index (χ0) is 9.61. The number of hydrogen-bond donors (Lipinski definition) is 1. The van der Waals surface area contributed by atoms with E-state index < -0.39 is 0 Å². The normalized spacial score (nSPS) is 13.2. The van der Waals surface area contributed by atoms with Crippen LogP contribution in [-0.2, 0) is 4.79 Å². The van der Waals surface area contributed by atoms with Gasteiger partial charge in [0, 0.05) is 13.5 Å². The predicted octanol–water partition coefficient (Wildman–Crippen LogP) is 1.72. The highest BCUT2D eigenvalue weighted by Crippen LogP contribution is 2.18. The Kier molecular flexibility index (Phi) is 3.14. The molecule has 0 heterocycles. The summed E-state index contributed by atoms with van der Waals surface area (Å²) in [6, 6.07) is 0. The Bertz CT molecular complexity index is 175. The van der Waals surface area contributed by atoms with Crippen molar-refractivity contribution in [2.75, 3.05) is 6.54 Å². The zero-order valence-electron chi connectivity index (χ0n) is 8.48. The molecule has 0 rings (SSSR count). The van der Waals surface area contributed by atoms with E-state index in [-0.39, 0.29) is 11.3 Å². The number of carbonyl (C=O) groups excluding carboxylic acids is 1. The van der Waals surface area contributed by atoms with Gasteiger partial charge in [-0.15, -0.1) is 6.55 Å². The average Bonchev–Trinajstić information content (AvgIpc) is 1.98. The van der Waals surface area contributed by atoms with Crippen molar-refractivity contribution in [1.82, 2.24) is 5.32 Å². The molecular weight excluding hydrogens is 138 g/mol. The first-order valence-electron chi connectivity index (χ1n) is 4.33. The van der Waals surface area contributed by atoms with Crippen LogP contribution in [0.2, 0.25) is 0 Å². The Morgan fingerprint density at radius 3 is 2.91 bits per heavy atom. The lowest BCUT2D eigenvalue weighted by Crippen LogP contribution is -2.32. The molecule has 0 unspecified atom stereocenters. The van der Waals surface area contributed by atoms with E-state index in [9.17, 15) is 4.79 Å². The summed E-state index contributed by atoms with van der Waals surface area (Å²) in [6.07, 6.45) is 2.61. The van der Waals surface area contributed by atoms with Gasteiger partial charge >= 0.3 is 0 Å². The van der Waals surface area contributed by atoms with E-state index in [1.807, 2.05) is 0 Å². The predicted molar refractivity (Wildman–Crippen MR) is 47.3 cm³/mol. The van der Waals surface area contributed by atoms with Crippen molar-refractivity contribution in [3.63, 3.8) is 0 Å². The number of hydrogen-bond acceptors (Lipinski definition) is 1. The van der Waals surface area contributed by atoms with E-state index in [4.69, 9.17) is 1.37 Å². The summed E-state index contributed by atoms with van der Waals surface area (Å²) in [5.41, 5.74) is 0.0449. The van der Waals surface area contributed by atoms with Gasteiger partial charge in [0.2, 0.25) is 5.91 Å². The average molecular weight is 156 g/mol. The molecule has 0 aromatic carbocycles. The first-order valence-corrected chi connectivity index (χ1v) is 3.76. The van der Waals surface area contributed by atoms with Gasteiger partial charge < -0.3 is 5.32 Å². The van der Waals surface area contributed by atoms with Gasteiger partial charge in [-0.25, -0.2) is 0 Å². The largest absolute Gasteiger partial charge is 0.356 e. The Morgan fingerprint density at radius 1 is 1.82 bits per heavy atom. The van der Waals surface area contributed by atoms with Crippen LogP contribution in [0.1, 0.15) is 28.6 Å². The lowest BCUT2D eigenvalue weighted by molar-refractivity contribution is -0.119. The lowest BCUT2D eigenvalue weighted by atomic mass is 9.89. The number of amides is 1. The number of allylic oxidation sites excluding steroid dienone is 1. The minimum Gasteiger partial charge on any atom is -0.356 e. The molecule has 0 aliphatic heterocycles. The van der Waals surface area contributed by atoms with Crippen molar-refractivity contribution >= 4 is 5.91 Å². The Morgan fingerprint density at radius 2 is 2.45 bits per heavy atom. The Hall–Kier alpha value is -0.790. The molecule has 0 aromatic rings. The van der Waals surface area contributed by atoms with Crippen molar-refractivity contribution in [1.29, 1.82) is 0 Å². The number of rotatable bonds is 4. The van der Waals surface area contributed by atoms with Crippen LogP contribution in [0.5, 0.6) is 0 Å². The second-order valence-corrected chi connectivity index (χ2v) is 3.51. The second-order valence-electron chi connectivity index (χ2n) is 3.51. The van der Waals surface area contributed by atoms with Crippen LogP contribution in [0.15, 0.2) is 12.6 Å². The highest BCUT2D eigenvalue weighted by molar-refractivity contribution is 5.72. The third-order valence-corrected chi connectivity index (χ3v) is 1.49. The molecule has 0 fully saturated rings. The van der Waals surface area contributed by atoms with E-state index in [1.54, 1.807) is 6.08 Å². The summed E-state index contributed by atoms with van der Waals surface area (Å²) in [5.74, 6) is -0.00192. The third-order valence-electron chi connectivity index (χ3n) is 1.49. The molecule has 0 spiro atoms. The molecule has 11 heavy (non-hydrogen) atoms. The summed E-state index contributed by atoms with van der Waals surface area (Å²) in [5, 5.41) is 2.76. The minimum atomic E-state index is -0.00192. The molecule has 0 aromatic heterocycles. The molecule has 2 nitrogen and oxygen atoms in total. The van der Waals surface area contributed by atoms with Crippen molar-refractivity contribution in [2.45, 2.75) is 27.2 Å². The van der Waals surface area contributed by atoms with Crippen LogP contribution in [0.3, 0.4) is 0 Å². The molecule has 0 aliphatic carbocycles. The van der Waals surface area contributed by atoms with Gasteiger partial charge in [-0.2, -0.15) is 0 Å². The van der Waals surface area contributed by atoms with Gasteiger partial charge in [0.15, 0.2) is 0 Å². The summed E-state index contributed by atoms with van der Waals surface area (Å²) < 4.78 is 6.83. The fourth-order valence-electron chi connectivity index (χ4n) is 0.755. The smallest absolute Gasteiger partial charge is 0.216 e. The van der Waals surface area contributed by atoms with Crippen molar-refractivity contribution in [3.8, 4) is 0 Å². The molecular formula is C9H17NO. The molecule has 0 bridgehead atoms. The first-order chi connectivity index (χ1) is 5.48. The quantitative estimate of drug-likeness (QED) is 0.617. The van der Waals surface area contributed by atoms with E-state index in [1.165, 1.54) is 13.5 Å². The minimum absolute atomic E-state index is 0.00192. The van der Waals surface area contributed by atoms with Crippen LogP contribution >= 0.6 is 0 Å². The SMILES string of the molecule is [2H]C=CCC(C)(C)CNC(C)=O. The first kappa shape index (κ1) is 8.31. The third kappa shape index (κ3) is 5.64. The maximum atomic E-state index is 10.6. The van der Waals surface area contributed by atoms with Gasteiger partial charge in [0.1, 0.15) is 0 Å². The fourth-order valence-corrected chi connectivity index (χ4v) is 0.755. The van der Waals surface area contributed by atoms with Crippen LogP contribution in [0.25, 0.3) is 0 Å². The van der Waals surface area contributed by atoms with Crippen LogP contribution in [0.4, 0.5) is 0 Å². The lowest BCUT2D eigenvalue weighted by Gasteiger charge is -2.22. The summed E-state index contributed by atoms with van der Waals surface area (Å²) in [4.78, 5) is 10.6. The number of nitrogens with one attached hydrogen (secondary N) is 1. The number of carbonyl (C=O) groups is 1. The maximum Gasteiger partial charge on any atom is 0.216 e. The van der Waals surface area contributed by atoms with Gasteiger partial charge in [0.25, 0.3) is 0 Å². The molecule has 0 radical (unpaired) electrons. The standard InChI is InChI=1S/C9H17NO/c1-5-6-9(3,4)7-10-8(2)11/h5H,1,6-7H2,2-4H3,(H,10,11)/i1D. The molecule has 64 valence electrons. The van der Waals surface area contributed by atoms with E-state index in [2.05, 4.69) is 19.2 Å². The maximum absolute atomic E-state index is 10.6. The van der Waals surface area contributed by atoms with E-state index in [0.29, 0.717) is 6.54 Å². The molecule has 0 saturated heterocycles. The molecule has 2 heteroatoms. The van der Waals surface area contributed by atoms with Gasteiger partial charge in [-0.1, -0.05) is 19.9 Å². The van der Waals surface area contributed by atoms with E-state index >= 15 is 0 Å². The van der Waals surface area contributed by atoms with Crippen molar-refractivity contribution < 1.29 is 6.17 Å². The Labute approximate surface area is 70.1 Å². The molecule has 1 N–H and O–H groups in total. The molecule has 1 amide bonds. The second kappa shape index (κ2) is 4.16.